The number of ether oxygens (including phenoxy) is 2. The van der Waals surface area contributed by atoms with Gasteiger partial charge in [-0.2, -0.15) is 0 Å². The Morgan fingerprint density at radius 2 is 1.43 bits per heavy atom. The highest BCUT2D eigenvalue weighted by atomic mass is 16.7. The first-order valence-electron chi connectivity index (χ1n) is 5.44. The predicted octanol–water partition coefficient (Wildman–Crippen LogP) is 3.31. The van der Waals surface area contributed by atoms with E-state index in [1.54, 1.807) is 14.2 Å². The Kier molecular flexibility index (Phi) is 5.68. The third-order valence-corrected chi connectivity index (χ3v) is 3.13. The molecule has 0 aromatic rings. The van der Waals surface area contributed by atoms with Gasteiger partial charge < -0.3 is 9.47 Å². The molecule has 0 radical (unpaired) electrons. The summed E-state index contributed by atoms with van der Waals surface area (Å²) in [5.41, 5.74) is 0.0949. The third-order valence-electron chi connectivity index (χ3n) is 3.13. The fourth-order valence-corrected chi connectivity index (χ4v) is 2.12. The molecule has 0 heterocycles. The molecule has 2 heteroatoms. The van der Waals surface area contributed by atoms with Crippen molar-refractivity contribution in [3.63, 3.8) is 0 Å². The van der Waals surface area contributed by atoms with Gasteiger partial charge in [-0.15, -0.1) is 0 Å². The van der Waals surface area contributed by atoms with E-state index < -0.39 is 0 Å². The molecule has 0 aliphatic heterocycles. The molecular formula is C12H26O2. The lowest BCUT2D eigenvalue weighted by molar-refractivity contribution is -0.192. The normalized spacial score (nSPS) is 16.7. The van der Waals surface area contributed by atoms with E-state index in [1.807, 2.05) is 0 Å². The van der Waals surface area contributed by atoms with Crippen LogP contribution in [0.2, 0.25) is 0 Å². The van der Waals surface area contributed by atoms with E-state index in [1.165, 1.54) is 0 Å². The lowest BCUT2D eigenvalue weighted by Gasteiger charge is -2.40. The molecule has 0 aromatic carbocycles. The highest BCUT2D eigenvalue weighted by Gasteiger charge is 2.38. The molecule has 1 unspecified atom stereocenters. The van der Waals surface area contributed by atoms with Gasteiger partial charge in [-0.25, -0.2) is 0 Å². The Morgan fingerprint density at radius 1 is 1.00 bits per heavy atom. The van der Waals surface area contributed by atoms with Crippen molar-refractivity contribution in [2.45, 2.75) is 47.3 Å². The molecule has 14 heavy (non-hydrogen) atoms. The maximum absolute atomic E-state index is 5.40. The molecule has 86 valence electrons. The van der Waals surface area contributed by atoms with Crippen LogP contribution in [-0.2, 0) is 9.47 Å². The van der Waals surface area contributed by atoms with Gasteiger partial charge in [0.15, 0.2) is 6.29 Å². The maximum atomic E-state index is 5.40. The lowest BCUT2D eigenvalue weighted by Crippen LogP contribution is -2.40. The zero-order valence-corrected chi connectivity index (χ0v) is 10.8. The van der Waals surface area contributed by atoms with Crippen LogP contribution in [0, 0.1) is 17.3 Å². The molecule has 0 saturated carbocycles. The molecule has 0 spiro atoms. The van der Waals surface area contributed by atoms with Crippen LogP contribution in [0.3, 0.4) is 0 Å². The number of hydrogen-bond donors (Lipinski definition) is 0. The summed E-state index contributed by atoms with van der Waals surface area (Å²) >= 11 is 0. The molecule has 0 N–H and O–H groups in total. The second-order valence-corrected chi connectivity index (χ2v) is 5.06. The van der Waals surface area contributed by atoms with Crippen molar-refractivity contribution in [1.82, 2.24) is 0 Å². The molecule has 1 atom stereocenters. The smallest absolute Gasteiger partial charge is 0.162 e. The first-order valence-corrected chi connectivity index (χ1v) is 5.44. The summed E-state index contributed by atoms with van der Waals surface area (Å²) < 4.78 is 10.8. The van der Waals surface area contributed by atoms with Crippen molar-refractivity contribution in [2.75, 3.05) is 14.2 Å². The molecule has 0 amide bonds. The first-order chi connectivity index (χ1) is 6.38. The van der Waals surface area contributed by atoms with Crippen molar-refractivity contribution in [1.29, 1.82) is 0 Å². The number of methoxy groups -OCH3 is 2. The van der Waals surface area contributed by atoms with Crippen LogP contribution in [0.4, 0.5) is 0 Å². The van der Waals surface area contributed by atoms with E-state index in [9.17, 15) is 0 Å². The van der Waals surface area contributed by atoms with E-state index in [-0.39, 0.29) is 11.7 Å². The molecule has 0 bridgehead atoms. The van der Waals surface area contributed by atoms with Crippen molar-refractivity contribution in [3.05, 3.63) is 0 Å². The molecule has 0 aliphatic rings. The second kappa shape index (κ2) is 5.72. The summed E-state index contributed by atoms with van der Waals surface area (Å²) in [6.07, 6.45) is 1.02. The molecule has 0 fully saturated rings. The van der Waals surface area contributed by atoms with Crippen LogP contribution in [0.25, 0.3) is 0 Å². The van der Waals surface area contributed by atoms with Gasteiger partial charge in [0.2, 0.25) is 0 Å². The van der Waals surface area contributed by atoms with E-state index >= 15 is 0 Å². The Morgan fingerprint density at radius 3 is 1.64 bits per heavy atom. The van der Waals surface area contributed by atoms with Crippen LogP contribution < -0.4 is 0 Å². The van der Waals surface area contributed by atoms with E-state index in [2.05, 4.69) is 34.6 Å². The Labute approximate surface area is 89.0 Å². The van der Waals surface area contributed by atoms with Crippen molar-refractivity contribution >= 4 is 0 Å². The average molecular weight is 202 g/mol. The fourth-order valence-electron chi connectivity index (χ4n) is 2.12. The molecule has 0 aliphatic carbocycles. The fraction of sp³-hybridized carbons (Fsp3) is 1.00. The number of rotatable bonds is 6. The van der Waals surface area contributed by atoms with Crippen LogP contribution in [-0.4, -0.2) is 20.5 Å². The lowest BCUT2D eigenvalue weighted by atomic mass is 9.72. The Bertz CT molecular complexity index is 150. The van der Waals surface area contributed by atoms with Gasteiger partial charge in [-0.05, 0) is 18.3 Å². The highest BCUT2D eigenvalue weighted by molar-refractivity contribution is 4.82. The van der Waals surface area contributed by atoms with Gasteiger partial charge in [0, 0.05) is 19.6 Å². The third kappa shape index (κ3) is 3.25. The van der Waals surface area contributed by atoms with Crippen molar-refractivity contribution in [3.8, 4) is 0 Å². The van der Waals surface area contributed by atoms with E-state index in [0.29, 0.717) is 11.8 Å². The minimum absolute atomic E-state index is 0.0949. The maximum Gasteiger partial charge on any atom is 0.162 e. The van der Waals surface area contributed by atoms with Crippen LogP contribution in [0.15, 0.2) is 0 Å². The second-order valence-electron chi connectivity index (χ2n) is 5.06. The zero-order valence-electron chi connectivity index (χ0n) is 10.8. The van der Waals surface area contributed by atoms with Gasteiger partial charge in [0.1, 0.15) is 0 Å². The summed E-state index contributed by atoms with van der Waals surface area (Å²) in [6, 6.07) is 0. The topological polar surface area (TPSA) is 18.5 Å². The molecule has 0 aromatic heterocycles. The predicted molar refractivity (Wildman–Crippen MR) is 60.2 cm³/mol. The van der Waals surface area contributed by atoms with E-state index in [4.69, 9.17) is 9.47 Å². The summed E-state index contributed by atoms with van der Waals surface area (Å²) in [4.78, 5) is 0. The minimum atomic E-state index is -0.107. The molecular weight excluding hydrogens is 176 g/mol. The molecule has 2 nitrogen and oxygen atoms in total. The van der Waals surface area contributed by atoms with Crippen molar-refractivity contribution < 1.29 is 9.47 Å². The van der Waals surface area contributed by atoms with Gasteiger partial charge in [0.25, 0.3) is 0 Å². The van der Waals surface area contributed by atoms with E-state index in [0.717, 1.165) is 6.42 Å². The SMILES string of the molecule is COC(OC)C(C)(CC(C)C)C(C)C. The summed E-state index contributed by atoms with van der Waals surface area (Å²) in [7, 11) is 3.43. The first kappa shape index (κ1) is 13.9. The van der Waals surface area contributed by atoms with Crippen LogP contribution in [0.1, 0.15) is 41.0 Å². The molecule has 0 saturated heterocycles. The number of hydrogen-bond acceptors (Lipinski definition) is 2. The van der Waals surface area contributed by atoms with Crippen LogP contribution >= 0.6 is 0 Å². The standard InChI is InChI=1S/C12H26O2/c1-9(2)8-12(5,10(3)4)11(13-6)14-7/h9-11H,8H2,1-7H3. The van der Waals surface area contributed by atoms with Gasteiger partial charge >= 0.3 is 0 Å². The Balaban J connectivity index is 4.68. The summed E-state index contributed by atoms with van der Waals surface area (Å²) in [6.45, 7) is 11.2. The monoisotopic (exact) mass is 202 g/mol. The van der Waals surface area contributed by atoms with Gasteiger partial charge in [-0.3, -0.25) is 0 Å². The average Bonchev–Trinajstić information content (AvgIpc) is 2.04. The van der Waals surface area contributed by atoms with Crippen molar-refractivity contribution in [2.24, 2.45) is 17.3 Å². The van der Waals surface area contributed by atoms with Crippen LogP contribution in [0.5, 0.6) is 0 Å². The minimum Gasteiger partial charge on any atom is -0.355 e. The largest absolute Gasteiger partial charge is 0.355 e. The highest BCUT2D eigenvalue weighted by Crippen LogP contribution is 2.39. The zero-order chi connectivity index (χ0) is 11.4. The Hall–Kier alpha value is -0.0800. The quantitative estimate of drug-likeness (QED) is 0.615. The molecule has 0 rings (SSSR count). The van der Waals surface area contributed by atoms with Gasteiger partial charge in [0.05, 0.1) is 0 Å². The summed E-state index contributed by atoms with van der Waals surface area (Å²) in [5, 5.41) is 0. The van der Waals surface area contributed by atoms with Gasteiger partial charge in [-0.1, -0.05) is 34.6 Å². The summed E-state index contributed by atoms with van der Waals surface area (Å²) in [5.74, 6) is 1.21.